The molecule has 18 heavy (non-hydrogen) atoms. The first-order valence-corrected chi connectivity index (χ1v) is 5.59. The average Bonchev–Trinajstić information content (AvgIpc) is 2.94. The van der Waals surface area contributed by atoms with Gasteiger partial charge in [-0.3, -0.25) is 4.79 Å². The topological polar surface area (TPSA) is 57.2 Å². The van der Waals surface area contributed by atoms with E-state index in [0.717, 1.165) is 5.69 Å². The van der Waals surface area contributed by atoms with Crippen LogP contribution < -0.4 is 4.90 Å². The summed E-state index contributed by atoms with van der Waals surface area (Å²) < 4.78 is 4.91. The number of hydrogen-bond acceptors (Lipinski definition) is 3. The van der Waals surface area contributed by atoms with Crippen LogP contribution in [0.4, 0.5) is 5.69 Å². The summed E-state index contributed by atoms with van der Waals surface area (Å²) in [6.45, 7) is 0.366. The molecule has 0 saturated heterocycles. The summed E-state index contributed by atoms with van der Waals surface area (Å²) in [6.07, 6.45) is 3.16. The summed E-state index contributed by atoms with van der Waals surface area (Å²) in [5.41, 5.74) is 1.26. The smallest absolute Gasteiger partial charge is 0.261 e. The minimum Gasteiger partial charge on any atom is -0.472 e. The van der Waals surface area contributed by atoms with Gasteiger partial charge in [-0.1, -0.05) is 18.2 Å². The van der Waals surface area contributed by atoms with Crippen molar-refractivity contribution < 1.29 is 9.21 Å². The Bertz CT molecular complexity index is 541. The number of anilines is 1. The van der Waals surface area contributed by atoms with Crippen LogP contribution in [0.25, 0.3) is 0 Å². The van der Waals surface area contributed by atoms with Gasteiger partial charge in [-0.05, 0) is 18.2 Å². The van der Waals surface area contributed by atoms with Gasteiger partial charge in [0.2, 0.25) is 0 Å². The molecule has 0 N–H and O–H groups in total. The first-order valence-electron chi connectivity index (χ1n) is 5.59. The molecule has 0 fully saturated rings. The maximum absolute atomic E-state index is 12.3. The van der Waals surface area contributed by atoms with Crippen molar-refractivity contribution in [3.63, 3.8) is 0 Å². The summed E-state index contributed by atoms with van der Waals surface area (Å²) in [6, 6.07) is 13.0. The van der Waals surface area contributed by atoms with Crippen molar-refractivity contribution >= 4 is 11.6 Å². The van der Waals surface area contributed by atoms with Gasteiger partial charge < -0.3 is 9.32 Å². The fourth-order valence-electron chi connectivity index (χ4n) is 1.66. The second kappa shape index (κ2) is 5.69. The van der Waals surface area contributed by atoms with E-state index in [1.165, 1.54) is 12.5 Å². The van der Waals surface area contributed by atoms with Crippen molar-refractivity contribution in [2.24, 2.45) is 0 Å². The molecule has 2 aromatic rings. The zero-order chi connectivity index (χ0) is 12.8. The molecule has 1 aromatic carbocycles. The predicted octanol–water partition coefficient (Wildman–Crippen LogP) is 2.84. The number of carbonyl (C=O) groups is 1. The molecule has 90 valence electrons. The molecular formula is C14H12N2O2. The lowest BCUT2D eigenvalue weighted by Gasteiger charge is -2.20. The molecule has 0 unspecified atom stereocenters. The maximum Gasteiger partial charge on any atom is 0.261 e. The first kappa shape index (κ1) is 11.9. The average molecular weight is 240 g/mol. The van der Waals surface area contributed by atoms with Gasteiger partial charge >= 0.3 is 0 Å². The minimum absolute atomic E-state index is 0.162. The second-order valence-corrected chi connectivity index (χ2v) is 3.71. The van der Waals surface area contributed by atoms with E-state index in [1.54, 1.807) is 11.0 Å². The Hall–Kier alpha value is -2.54. The zero-order valence-corrected chi connectivity index (χ0v) is 9.74. The van der Waals surface area contributed by atoms with Crippen LogP contribution in [0.1, 0.15) is 16.8 Å². The lowest BCUT2D eigenvalue weighted by Crippen LogP contribution is -2.31. The van der Waals surface area contributed by atoms with Gasteiger partial charge in [0.05, 0.1) is 24.3 Å². The molecule has 0 atom stereocenters. The Morgan fingerprint density at radius 3 is 2.67 bits per heavy atom. The van der Waals surface area contributed by atoms with Crippen molar-refractivity contribution in [1.29, 1.82) is 5.26 Å². The van der Waals surface area contributed by atoms with Crippen LogP contribution in [-0.4, -0.2) is 12.5 Å². The van der Waals surface area contributed by atoms with Crippen LogP contribution in [0, 0.1) is 11.3 Å². The summed E-state index contributed by atoms with van der Waals surface area (Å²) in [7, 11) is 0. The van der Waals surface area contributed by atoms with Crippen LogP contribution in [0.3, 0.4) is 0 Å². The van der Waals surface area contributed by atoms with E-state index in [0.29, 0.717) is 18.5 Å². The molecule has 0 aliphatic heterocycles. The molecule has 0 saturated carbocycles. The van der Waals surface area contributed by atoms with E-state index < -0.39 is 0 Å². The zero-order valence-electron chi connectivity index (χ0n) is 9.74. The van der Waals surface area contributed by atoms with Crippen molar-refractivity contribution in [2.75, 3.05) is 11.4 Å². The number of para-hydroxylation sites is 1. The molecule has 0 spiro atoms. The molecule has 1 aromatic heterocycles. The summed E-state index contributed by atoms with van der Waals surface area (Å²) in [5, 5.41) is 8.67. The highest BCUT2D eigenvalue weighted by Crippen LogP contribution is 2.17. The van der Waals surface area contributed by atoms with E-state index in [4.69, 9.17) is 9.68 Å². The van der Waals surface area contributed by atoms with Gasteiger partial charge in [-0.25, -0.2) is 0 Å². The van der Waals surface area contributed by atoms with Crippen molar-refractivity contribution in [1.82, 2.24) is 0 Å². The second-order valence-electron chi connectivity index (χ2n) is 3.71. The van der Waals surface area contributed by atoms with Crippen LogP contribution in [0.15, 0.2) is 53.3 Å². The Morgan fingerprint density at radius 1 is 1.28 bits per heavy atom. The quantitative estimate of drug-likeness (QED) is 0.825. The van der Waals surface area contributed by atoms with E-state index >= 15 is 0 Å². The molecule has 4 heteroatoms. The van der Waals surface area contributed by atoms with Gasteiger partial charge in [0.15, 0.2) is 0 Å². The van der Waals surface area contributed by atoms with Crippen LogP contribution in [0.5, 0.6) is 0 Å². The fourth-order valence-corrected chi connectivity index (χ4v) is 1.66. The predicted molar refractivity (Wildman–Crippen MR) is 67.1 cm³/mol. The van der Waals surface area contributed by atoms with E-state index in [2.05, 4.69) is 6.07 Å². The molecule has 2 rings (SSSR count). The number of furan rings is 1. The third-order valence-electron chi connectivity index (χ3n) is 2.53. The molecule has 0 bridgehead atoms. The number of carbonyl (C=O) groups excluding carboxylic acids is 1. The van der Waals surface area contributed by atoms with Gasteiger partial charge in [0, 0.05) is 12.2 Å². The van der Waals surface area contributed by atoms with Crippen molar-refractivity contribution in [3.05, 3.63) is 54.5 Å². The monoisotopic (exact) mass is 240 g/mol. The first-order chi connectivity index (χ1) is 8.83. The molecule has 1 amide bonds. The van der Waals surface area contributed by atoms with E-state index in [1.807, 2.05) is 30.3 Å². The Morgan fingerprint density at radius 2 is 2.06 bits per heavy atom. The SMILES string of the molecule is N#CCCN(C(=O)c1ccoc1)c1ccccc1. The largest absolute Gasteiger partial charge is 0.472 e. The van der Waals surface area contributed by atoms with Crippen molar-refractivity contribution in [2.45, 2.75) is 6.42 Å². The highest BCUT2D eigenvalue weighted by atomic mass is 16.3. The van der Waals surface area contributed by atoms with Crippen LogP contribution in [0.2, 0.25) is 0 Å². The highest BCUT2D eigenvalue weighted by molar-refractivity contribution is 6.05. The number of nitrogens with zero attached hydrogens (tertiary/aromatic N) is 2. The third kappa shape index (κ3) is 2.58. The number of benzene rings is 1. The molecular weight excluding hydrogens is 228 g/mol. The number of rotatable bonds is 4. The molecule has 0 aliphatic rings. The number of nitriles is 1. The lowest BCUT2D eigenvalue weighted by atomic mass is 10.2. The molecule has 4 nitrogen and oxygen atoms in total. The number of hydrogen-bond donors (Lipinski definition) is 0. The Kier molecular flexibility index (Phi) is 3.77. The molecule has 0 radical (unpaired) electrons. The third-order valence-corrected chi connectivity index (χ3v) is 2.53. The fraction of sp³-hybridized carbons (Fsp3) is 0.143. The maximum atomic E-state index is 12.3. The summed E-state index contributed by atoms with van der Waals surface area (Å²) >= 11 is 0. The van der Waals surface area contributed by atoms with E-state index in [9.17, 15) is 4.79 Å². The van der Waals surface area contributed by atoms with Gasteiger partial charge in [0.25, 0.3) is 5.91 Å². The Balaban J connectivity index is 2.26. The van der Waals surface area contributed by atoms with Gasteiger partial charge in [0.1, 0.15) is 6.26 Å². The summed E-state index contributed by atoms with van der Waals surface area (Å²) in [4.78, 5) is 13.8. The standard InChI is InChI=1S/C14H12N2O2/c15-8-4-9-16(13-5-2-1-3-6-13)14(17)12-7-10-18-11-12/h1-3,5-7,10-11H,4,9H2. The Labute approximate surface area is 105 Å². The van der Waals surface area contributed by atoms with Crippen LogP contribution in [-0.2, 0) is 0 Å². The van der Waals surface area contributed by atoms with Crippen molar-refractivity contribution in [3.8, 4) is 6.07 Å². The van der Waals surface area contributed by atoms with Gasteiger partial charge in [-0.2, -0.15) is 5.26 Å². The normalized spacial score (nSPS) is 9.72. The van der Waals surface area contributed by atoms with Gasteiger partial charge in [-0.15, -0.1) is 0 Å². The minimum atomic E-state index is -0.162. The van der Waals surface area contributed by atoms with E-state index in [-0.39, 0.29) is 5.91 Å². The summed E-state index contributed by atoms with van der Waals surface area (Å²) in [5.74, 6) is -0.162. The molecule has 1 heterocycles. The highest BCUT2D eigenvalue weighted by Gasteiger charge is 2.17. The van der Waals surface area contributed by atoms with Crippen LogP contribution >= 0.6 is 0 Å². The molecule has 0 aliphatic carbocycles. The number of amides is 1. The lowest BCUT2D eigenvalue weighted by molar-refractivity contribution is 0.0987.